The molecule has 0 radical (unpaired) electrons. The van der Waals surface area contributed by atoms with Crippen LogP contribution in [0.15, 0.2) is 0 Å². The number of carbonyl (C=O) groups is 1. The summed E-state index contributed by atoms with van der Waals surface area (Å²) in [5.74, 6) is 1.14. The second-order valence-electron chi connectivity index (χ2n) is 5.89. The van der Waals surface area contributed by atoms with Crippen LogP contribution in [0.1, 0.15) is 44.9 Å². The van der Waals surface area contributed by atoms with Gasteiger partial charge < -0.3 is 15.0 Å². The summed E-state index contributed by atoms with van der Waals surface area (Å²) in [4.78, 5) is 14.2. The van der Waals surface area contributed by atoms with Crippen LogP contribution in [0.4, 0.5) is 0 Å². The standard InChI is InChI=1S/C15H28N2O2.ClH/c1-16-9-6-13-7-10-17(11-8-13)15(18)5-4-14-3-2-12-19-14;/h13-14,16H,2-12H2,1H3;1H. The molecule has 0 saturated carbocycles. The number of piperidine rings is 1. The molecule has 0 aromatic rings. The molecule has 1 amide bonds. The van der Waals surface area contributed by atoms with Crippen LogP contribution in [0.2, 0.25) is 0 Å². The lowest BCUT2D eigenvalue weighted by molar-refractivity contribution is -0.133. The van der Waals surface area contributed by atoms with E-state index in [-0.39, 0.29) is 12.4 Å². The van der Waals surface area contributed by atoms with Gasteiger partial charge in [0.15, 0.2) is 0 Å². The SMILES string of the molecule is CNCCC1CCN(C(=O)CCC2CCCO2)CC1.Cl. The van der Waals surface area contributed by atoms with Crippen molar-refractivity contribution in [1.29, 1.82) is 0 Å². The number of likely N-dealkylation sites (tertiary alicyclic amines) is 1. The predicted molar refractivity (Wildman–Crippen MR) is 83.3 cm³/mol. The van der Waals surface area contributed by atoms with Gasteiger partial charge in [0.05, 0.1) is 6.10 Å². The van der Waals surface area contributed by atoms with Gasteiger partial charge >= 0.3 is 0 Å². The van der Waals surface area contributed by atoms with Crippen LogP contribution >= 0.6 is 12.4 Å². The fraction of sp³-hybridized carbons (Fsp3) is 0.933. The molecule has 1 atom stereocenters. The zero-order chi connectivity index (χ0) is 13.5. The quantitative estimate of drug-likeness (QED) is 0.818. The summed E-state index contributed by atoms with van der Waals surface area (Å²) in [6.45, 7) is 3.89. The first-order valence-electron chi connectivity index (χ1n) is 7.83. The third-order valence-electron chi connectivity index (χ3n) is 4.47. The minimum Gasteiger partial charge on any atom is -0.378 e. The lowest BCUT2D eigenvalue weighted by atomic mass is 9.93. The molecular formula is C15H29ClN2O2. The highest BCUT2D eigenvalue weighted by molar-refractivity contribution is 5.85. The van der Waals surface area contributed by atoms with Gasteiger partial charge in [-0.3, -0.25) is 4.79 Å². The predicted octanol–water partition coefficient (Wildman–Crippen LogP) is 2.22. The van der Waals surface area contributed by atoms with E-state index in [1.165, 1.54) is 19.3 Å². The fourth-order valence-electron chi connectivity index (χ4n) is 3.13. The lowest BCUT2D eigenvalue weighted by Gasteiger charge is -2.32. The molecule has 2 rings (SSSR count). The van der Waals surface area contributed by atoms with Crippen molar-refractivity contribution in [2.24, 2.45) is 5.92 Å². The van der Waals surface area contributed by atoms with Crippen LogP contribution in [-0.4, -0.2) is 50.2 Å². The number of nitrogens with zero attached hydrogens (tertiary/aromatic N) is 1. The molecule has 118 valence electrons. The van der Waals surface area contributed by atoms with Crippen LogP contribution in [0, 0.1) is 5.92 Å². The average molecular weight is 305 g/mol. The number of hydrogen-bond donors (Lipinski definition) is 1. The van der Waals surface area contributed by atoms with E-state index < -0.39 is 0 Å². The van der Waals surface area contributed by atoms with Gasteiger partial charge in [-0.25, -0.2) is 0 Å². The molecule has 0 aromatic heterocycles. The minimum absolute atomic E-state index is 0. The Hall–Kier alpha value is -0.320. The van der Waals surface area contributed by atoms with E-state index in [1.54, 1.807) is 0 Å². The maximum Gasteiger partial charge on any atom is 0.222 e. The van der Waals surface area contributed by atoms with E-state index >= 15 is 0 Å². The molecule has 2 fully saturated rings. The molecule has 2 aliphatic rings. The number of rotatable bonds is 6. The molecule has 0 spiro atoms. The monoisotopic (exact) mass is 304 g/mol. The molecule has 2 saturated heterocycles. The zero-order valence-corrected chi connectivity index (χ0v) is 13.4. The van der Waals surface area contributed by atoms with Crippen molar-refractivity contribution in [3.05, 3.63) is 0 Å². The maximum absolute atomic E-state index is 12.1. The van der Waals surface area contributed by atoms with Gasteiger partial charge in [-0.1, -0.05) is 0 Å². The molecule has 20 heavy (non-hydrogen) atoms. The average Bonchev–Trinajstić information content (AvgIpc) is 2.96. The van der Waals surface area contributed by atoms with Crippen LogP contribution in [0.3, 0.4) is 0 Å². The normalized spacial score (nSPS) is 23.6. The first-order valence-corrected chi connectivity index (χ1v) is 7.83. The molecule has 0 bridgehead atoms. The summed E-state index contributed by atoms with van der Waals surface area (Å²) in [7, 11) is 2.00. The second kappa shape index (κ2) is 9.59. The number of ether oxygens (including phenoxy) is 1. The summed E-state index contributed by atoms with van der Waals surface area (Å²) < 4.78 is 5.57. The van der Waals surface area contributed by atoms with Crippen LogP contribution < -0.4 is 5.32 Å². The second-order valence-corrected chi connectivity index (χ2v) is 5.89. The van der Waals surface area contributed by atoms with E-state index in [0.29, 0.717) is 18.4 Å². The van der Waals surface area contributed by atoms with Gasteiger partial charge in [0.25, 0.3) is 0 Å². The Kier molecular flexibility index (Phi) is 8.50. The van der Waals surface area contributed by atoms with Gasteiger partial charge in [-0.05, 0) is 58.0 Å². The van der Waals surface area contributed by atoms with E-state index in [2.05, 4.69) is 10.2 Å². The summed E-state index contributed by atoms with van der Waals surface area (Å²) >= 11 is 0. The summed E-state index contributed by atoms with van der Waals surface area (Å²) in [6, 6.07) is 0. The highest BCUT2D eigenvalue weighted by Gasteiger charge is 2.23. The van der Waals surface area contributed by atoms with Gasteiger partial charge in [0.1, 0.15) is 0 Å². The van der Waals surface area contributed by atoms with Crippen molar-refractivity contribution in [2.45, 2.75) is 51.0 Å². The van der Waals surface area contributed by atoms with Crippen molar-refractivity contribution in [2.75, 3.05) is 33.3 Å². The minimum atomic E-state index is 0. The molecule has 5 heteroatoms. The number of amides is 1. The highest BCUT2D eigenvalue weighted by Crippen LogP contribution is 2.22. The number of nitrogens with one attached hydrogen (secondary N) is 1. The maximum atomic E-state index is 12.1. The third kappa shape index (κ3) is 5.58. The first-order chi connectivity index (χ1) is 9.29. The Morgan fingerprint density at radius 1 is 1.25 bits per heavy atom. The molecule has 0 aliphatic carbocycles. The van der Waals surface area contributed by atoms with Crippen LogP contribution in [0.5, 0.6) is 0 Å². The van der Waals surface area contributed by atoms with Gasteiger partial charge in [0.2, 0.25) is 5.91 Å². The molecule has 1 unspecified atom stereocenters. The Bertz CT molecular complexity index is 275. The summed E-state index contributed by atoms with van der Waals surface area (Å²) in [5.41, 5.74) is 0. The van der Waals surface area contributed by atoms with Crippen LogP contribution in [0.25, 0.3) is 0 Å². The topological polar surface area (TPSA) is 41.6 Å². The van der Waals surface area contributed by atoms with E-state index in [9.17, 15) is 4.79 Å². The van der Waals surface area contributed by atoms with Gasteiger partial charge in [-0.2, -0.15) is 0 Å². The number of halogens is 1. The lowest BCUT2D eigenvalue weighted by Crippen LogP contribution is -2.39. The smallest absolute Gasteiger partial charge is 0.222 e. The Labute approximate surface area is 129 Å². The van der Waals surface area contributed by atoms with E-state index in [1.807, 2.05) is 7.05 Å². The summed E-state index contributed by atoms with van der Waals surface area (Å²) in [6.07, 6.45) is 7.83. The number of carbonyl (C=O) groups excluding carboxylic acids is 1. The molecule has 4 nitrogen and oxygen atoms in total. The van der Waals surface area contributed by atoms with Crippen molar-refractivity contribution < 1.29 is 9.53 Å². The largest absolute Gasteiger partial charge is 0.378 e. The molecule has 0 aromatic carbocycles. The van der Waals surface area contributed by atoms with E-state index in [4.69, 9.17) is 4.74 Å². The van der Waals surface area contributed by atoms with Crippen molar-refractivity contribution in [3.63, 3.8) is 0 Å². The summed E-state index contributed by atoms with van der Waals surface area (Å²) in [5, 5.41) is 3.21. The first kappa shape index (κ1) is 17.7. The highest BCUT2D eigenvalue weighted by atomic mass is 35.5. The van der Waals surface area contributed by atoms with Crippen molar-refractivity contribution in [3.8, 4) is 0 Å². The van der Waals surface area contributed by atoms with Crippen molar-refractivity contribution in [1.82, 2.24) is 10.2 Å². The Morgan fingerprint density at radius 2 is 2.00 bits per heavy atom. The Morgan fingerprint density at radius 3 is 2.60 bits per heavy atom. The van der Waals surface area contributed by atoms with E-state index in [0.717, 1.165) is 51.4 Å². The Balaban J connectivity index is 0.00000200. The third-order valence-corrected chi connectivity index (χ3v) is 4.47. The van der Waals surface area contributed by atoms with Crippen LogP contribution in [-0.2, 0) is 9.53 Å². The van der Waals surface area contributed by atoms with Crippen molar-refractivity contribution >= 4 is 18.3 Å². The van der Waals surface area contributed by atoms with Gasteiger partial charge in [0, 0.05) is 26.1 Å². The molecular weight excluding hydrogens is 276 g/mol. The number of hydrogen-bond acceptors (Lipinski definition) is 3. The molecule has 1 N–H and O–H groups in total. The molecule has 2 aliphatic heterocycles. The van der Waals surface area contributed by atoms with Gasteiger partial charge in [-0.15, -0.1) is 12.4 Å². The fourth-order valence-corrected chi connectivity index (χ4v) is 3.13. The molecule has 2 heterocycles. The zero-order valence-electron chi connectivity index (χ0n) is 12.6.